The normalized spacial score (nSPS) is 13.9. The van der Waals surface area contributed by atoms with Gasteiger partial charge in [-0.25, -0.2) is 0 Å². The van der Waals surface area contributed by atoms with Crippen LogP contribution in [0.1, 0.15) is 97.3 Å². The molecular formula is C23H45NO4. The molecule has 0 aromatic carbocycles. The Hall–Kier alpha value is -1.10. The van der Waals surface area contributed by atoms with Crippen molar-refractivity contribution in [2.75, 3.05) is 27.7 Å². The van der Waals surface area contributed by atoms with Gasteiger partial charge < -0.3 is 19.1 Å². The SMILES string of the molecule is CCCCCCC(C)CCCCCCCC(=O)OC(CC(=O)[O-])C[N+](C)(C)C. The molecule has 0 aliphatic rings. The molecule has 0 fully saturated rings. The van der Waals surface area contributed by atoms with E-state index in [4.69, 9.17) is 4.74 Å². The van der Waals surface area contributed by atoms with Crippen LogP contribution in [0.25, 0.3) is 0 Å². The maximum Gasteiger partial charge on any atom is 0.306 e. The van der Waals surface area contributed by atoms with Crippen LogP contribution in [0.15, 0.2) is 0 Å². The summed E-state index contributed by atoms with van der Waals surface area (Å²) in [5.74, 6) is -0.639. The van der Waals surface area contributed by atoms with Crippen LogP contribution in [0.4, 0.5) is 0 Å². The van der Waals surface area contributed by atoms with Crippen LogP contribution in [0.5, 0.6) is 0 Å². The average Bonchev–Trinajstić information content (AvgIpc) is 2.55. The first kappa shape index (κ1) is 26.9. The lowest BCUT2D eigenvalue weighted by atomic mass is 9.96. The zero-order valence-corrected chi connectivity index (χ0v) is 19.1. The van der Waals surface area contributed by atoms with Crippen molar-refractivity contribution in [1.82, 2.24) is 0 Å². The maximum atomic E-state index is 12.0. The fourth-order valence-corrected chi connectivity index (χ4v) is 3.54. The molecule has 166 valence electrons. The third-order valence-corrected chi connectivity index (χ3v) is 5.07. The van der Waals surface area contributed by atoms with Crippen molar-refractivity contribution < 1.29 is 23.9 Å². The van der Waals surface area contributed by atoms with Crippen LogP contribution in [0, 0.1) is 5.92 Å². The second kappa shape index (κ2) is 15.8. The van der Waals surface area contributed by atoms with E-state index in [0.717, 1.165) is 25.2 Å². The number of unbranched alkanes of at least 4 members (excludes halogenated alkanes) is 7. The lowest BCUT2D eigenvalue weighted by molar-refractivity contribution is -0.873. The maximum absolute atomic E-state index is 12.0. The summed E-state index contributed by atoms with van der Waals surface area (Å²) in [7, 11) is 5.84. The Morgan fingerprint density at radius 1 is 0.893 bits per heavy atom. The minimum Gasteiger partial charge on any atom is -0.550 e. The fraction of sp³-hybridized carbons (Fsp3) is 0.913. The molecule has 0 saturated carbocycles. The van der Waals surface area contributed by atoms with Gasteiger partial charge in [-0.05, 0) is 12.3 Å². The summed E-state index contributed by atoms with van der Waals surface area (Å²) in [6.45, 7) is 5.08. The molecular weight excluding hydrogens is 354 g/mol. The van der Waals surface area contributed by atoms with Crippen LogP contribution >= 0.6 is 0 Å². The number of carbonyl (C=O) groups is 2. The van der Waals surface area contributed by atoms with Gasteiger partial charge in [0.05, 0.1) is 21.1 Å². The molecule has 0 aliphatic carbocycles. The van der Waals surface area contributed by atoms with Gasteiger partial charge in [0.25, 0.3) is 0 Å². The van der Waals surface area contributed by atoms with E-state index in [-0.39, 0.29) is 12.4 Å². The van der Waals surface area contributed by atoms with Crippen molar-refractivity contribution in [3.63, 3.8) is 0 Å². The van der Waals surface area contributed by atoms with Gasteiger partial charge >= 0.3 is 5.97 Å². The Bertz CT molecular complexity index is 417. The number of carboxylic acids is 1. The van der Waals surface area contributed by atoms with E-state index in [1.165, 1.54) is 51.4 Å². The summed E-state index contributed by atoms with van der Waals surface area (Å²) in [6.07, 6.45) is 13.1. The molecule has 0 N–H and O–H groups in total. The number of aliphatic carboxylic acids is 1. The van der Waals surface area contributed by atoms with Gasteiger partial charge in [0, 0.05) is 18.8 Å². The van der Waals surface area contributed by atoms with Gasteiger partial charge in [0.2, 0.25) is 0 Å². The summed E-state index contributed by atoms with van der Waals surface area (Å²) < 4.78 is 5.92. The van der Waals surface area contributed by atoms with Gasteiger partial charge in [-0.1, -0.05) is 78.1 Å². The third-order valence-electron chi connectivity index (χ3n) is 5.07. The first-order valence-corrected chi connectivity index (χ1v) is 11.3. The quantitative estimate of drug-likeness (QED) is 0.198. The van der Waals surface area contributed by atoms with Gasteiger partial charge in [0.1, 0.15) is 6.54 Å². The zero-order valence-electron chi connectivity index (χ0n) is 19.1. The number of hydrogen-bond acceptors (Lipinski definition) is 4. The van der Waals surface area contributed by atoms with E-state index in [1.807, 2.05) is 21.1 Å². The van der Waals surface area contributed by atoms with Crippen molar-refractivity contribution in [2.45, 2.75) is 103 Å². The summed E-state index contributed by atoms with van der Waals surface area (Å²) in [4.78, 5) is 22.9. The van der Waals surface area contributed by atoms with Gasteiger partial charge in [-0.2, -0.15) is 0 Å². The smallest absolute Gasteiger partial charge is 0.306 e. The number of likely N-dealkylation sites (N-methyl/N-ethyl adjacent to an activating group) is 1. The highest BCUT2D eigenvalue weighted by molar-refractivity contribution is 5.70. The van der Waals surface area contributed by atoms with E-state index >= 15 is 0 Å². The minimum absolute atomic E-state index is 0.238. The molecule has 5 heteroatoms. The molecule has 0 aromatic heterocycles. The number of esters is 1. The molecule has 0 rings (SSSR count). The second-order valence-corrected chi connectivity index (χ2v) is 9.42. The van der Waals surface area contributed by atoms with Crippen molar-refractivity contribution >= 4 is 11.9 Å². The Labute approximate surface area is 173 Å². The number of nitrogens with zero attached hydrogens (tertiary/aromatic N) is 1. The zero-order chi connectivity index (χ0) is 21.4. The van der Waals surface area contributed by atoms with Crippen LogP contribution in [-0.4, -0.2) is 50.2 Å². The predicted octanol–water partition coefficient (Wildman–Crippen LogP) is 4.08. The largest absolute Gasteiger partial charge is 0.550 e. The molecule has 28 heavy (non-hydrogen) atoms. The van der Waals surface area contributed by atoms with Crippen LogP contribution < -0.4 is 5.11 Å². The molecule has 5 nitrogen and oxygen atoms in total. The highest BCUT2D eigenvalue weighted by atomic mass is 16.5. The summed E-state index contributed by atoms with van der Waals surface area (Å²) >= 11 is 0. The van der Waals surface area contributed by atoms with Gasteiger partial charge in [-0.15, -0.1) is 0 Å². The van der Waals surface area contributed by atoms with Crippen molar-refractivity contribution in [3.05, 3.63) is 0 Å². The Morgan fingerprint density at radius 2 is 1.43 bits per heavy atom. The number of hydrogen-bond donors (Lipinski definition) is 0. The van der Waals surface area contributed by atoms with E-state index < -0.39 is 12.1 Å². The van der Waals surface area contributed by atoms with Gasteiger partial charge in [-0.3, -0.25) is 4.79 Å². The number of quaternary nitrogens is 1. The molecule has 0 saturated heterocycles. The molecule has 0 radical (unpaired) electrons. The standard InChI is InChI=1S/C23H45NO4/c1-6-7-8-12-15-20(2)16-13-10-9-11-14-17-23(27)28-21(18-22(25)26)19-24(3,4)5/h20-21H,6-19H2,1-5H3. The highest BCUT2D eigenvalue weighted by Gasteiger charge is 2.22. The molecule has 0 amide bonds. The number of rotatable bonds is 18. The van der Waals surface area contributed by atoms with E-state index in [1.54, 1.807) is 0 Å². The lowest BCUT2D eigenvalue weighted by Crippen LogP contribution is -2.45. The molecule has 2 atom stereocenters. The predicted molar refractivity (Wildman–Crippen MR) is 113 cm³/mol. The van der Waals surface area contributed by atoms with Gasteiger partial charge in [0.15, 0.2) is 6.10 Å². The molecule has 0 spiro atoms. The van der Waals surface area contributed by atoms with Crippen molar-refractivity contribution in [2.24, 2.45) is 5.92 Å². The van der Waals surface area contributed by atoms with Crippen LogP contribution in [0.2, 0.25) is 0 Å². The first-order valence-electron chi connectivity index (χ1n) is 11.3. The Morgan fingerprint density at radius 3 is 1.96 bits per heavy atom. The van der Waals surface area contributed by atoms with Crippen LogP contribution in [0.3, 0.4) is 0 Å². The van der Waals surface area contributed by atoms with E-state index in [9.17, 15) is 14.7 Å². The minimum atomic E-state index is -1.18. The first-order chi connectivity index (χ1) is 13.1. The number of carboxylic acid groups (broad SMARTS) is 1. The number of ether oxygens (including phenoxy) is 1. The monoisotopic (exact) mass is 399 g/mol. The number of carbonyl (C=O) groups excluding carboxylic acids is 2. The molecule has 0 aliphatic heterocycles. The average molecular weight is 400 g/mol. The molecule has 0 bridgehead atoms. The molecule has 2 unspecified atom stereocenters. The summed E-state index contributed by atoms with van der Waals surface area (Å²) in [5.41, 5.74) is 0. The van der Waals surface area contributed by atoms with Crippen LogP contribution in [-0.2, 0) is 14.3 Å². The summed E-state index contributed by atoms with van der Waals surface area (Å²) in [5, 5.41) is 10.9. The fourth-order valence-electron chi connectivity index (χ4n) is 3.54. The Balaban J connectivity index is 3.78. The lowest BCUT2D eigenvalue weighted by Gasteiger charge is -2.29. The van der Waals surface area contributed by atoms with E-state index in [2.05, 4.69) is 13.8 Å². The third kappa shape index (κ3) is 18.3. The topological polar surface area (TPSA) is 66.4 Å². The van der Waals surface area contributed by atoms with E-state index in [0.29, 0.717) is 17.4 Å². The van der Waals surface area contributed by atoms with Crippen molar-refractivity contribution in [1.29, 1.82) is 0 Å². The summed E-state index contributed by atoms with van der Waals surface area (Å²) in [6, 6.07) is 0. The highest BCUT2D eigenvalue weighted by Crippen LogP contribution is 2.18. The molecule has 0 aromatic rings. The van der Waals surface area contributed by atoms with Crippen molar-refractivity contribution in [3.8, 4) is 0 Å². The Kier molecular flexibility index (Phi) is 15.2. The molecule has 0 heterocycles. The second-order valence-electron chi connectivity index (χ2n) is 9.42.